The summed E-state index contributed by atoms with van der Waals surface area (Å²) in [6.45, 7) is 0. The van der Waals surface area contributed by atoms with Gasteiger partial charge in [-0.3, -0.25) is 9.78 Å². The van der Waals surface area contributed by atoms with Crippen LogP contribution in [0.1, 0.15) is 31.4 Å². The highest BCUT2D eigenvalue weighted by Crippen LogP contribution is 2.40. The molecule has 2 rings (SSSR count). The van der Waals surface area contributed by atoms with Crippen LogP contribution in [-0.2, 0) is 10.2 Å². The molecule has 1 heterocycles. The summed E-state index contributed by atoms with van der Waals surface area (Å²) in [7, 11) is 0. The molecular weight excluding hydrogens is 258 g/mol. The zero-order valence-corrected chi connectivity index (χ0v) is 9.83. The highest BCUT2D eigenvalue weighted by atomic mass is 79.9. The van der Waals surface area contributed by atoms with Crippen molar-refractivity contribution in [3.8, 4) is 0 Å². The zero-order valence-electron chi connectivity index (χ0n) is 8.24. The van der Waals surface area contributed by atoms with Crippen molar-refractivity contribution in [2.75, 3.05) is 0 Å². The fourth-order valence-corrected chi connectivity index (χ4v) is 2.45. The van der Waals surface area contributed by atoms with Gasteiger partial charge in [0.2, 0.25) is 0 Å². The minimum atomic E-state index is -0.741. The van der Waals surface area contributed by atoms with Crippen LogP contribution in [0.15, 0.2) is 22.8 Å². The van der Waals surface area contributed by atoms with Gasteiger partial charge in [0.25, 0.3) is 0 Å². The first-order valence-corrected chi connectivity index (χ1v) is 5.80. The molecule has 1 aromatic rings. The lowest BCUT2D eigenvalue weighted by Crippen LogP contribution is -2.33. The molecule has 0 amide bonds. The molecule has 0 spiro atoms. The smallest absolute Gasteiger partial charge is 0.315 e. The summed E-state index contributed by atoms with van der Waals surface area (Å²) in [5.74, 6) is -0.741. The molecule has 0 aromatic carbocycles. The van der Waals surface area contributed by atoms with Crippen LogP contribution >= 0.6 is 15.9 Å². The van der Waals surface area contributed by atoms with E-state index in [1.807, 2.05) is 12.1 Å². The normalized spacial score (nSPS) is 19.0. The molecule has 3 nitrogen and oxygen atoms in total. The van der Waals surface area contributed by atoms with Crippen LogP contribution in [0.25, 0.3) is 0 Å². The topological polar surface area (TPSA) is 50.2 Å². The monoisotopic (exact) mass is 269 g/mol. The number of carbonyl (C=O) groups is 1. The molecule has 15 heavy (non-hydrogen) atoms. The summed E-state index contributed by atoms with van der Waals surface area (Å²) in [6.07, 6.45) is 5.03. The van der Waals surface area contributed by atoms with Crippen molar-refractivity contribution in [2.45, 2.75) is 31.1 Å². The predicted octanol–water partition coefficient (Wildman–Crippen LogP) is 2.74. The number of aromatic nitrogens is 1. The van der Waals surface area contributed by atoms with Gasteiger partial charge in [0.1, 0.15) is 5.41 Å². The molecule has 1 aliphatic rings. The van der Waals surface area contributed by atoms with Crippen LogP contribution in [0, 0.1) is 0 Å². The van der Waals surface area contributed by atoms with Gasteiger partial charge in [-0.2, -0.15) is 0 Å². The Hall–Kier alpha value is -0.900. The van der Waals surface area contributed by atoms with E-state index in [1.54, 1.807) is 6.20 Å². The van der Waals surface area contributed by atoms with Gasteiger partial charge in [0.05, 0.1) is 5.69 Å². The second kappa shape index (κ2) is 3.93. The van der Waals surface area contributed by atoms with Gasteiger partial charge in [-0.05, 0) is 40.9 Å². The molecule has 80 valence electrons. The van der Waals surface area contributed by atoms with E-state index in [2.05, 4.69) is 20.9 Å². The molecule has 1 fully saturated rings. The van der Waals surface area contributed by atoms with Crippen LogP contribution in [0.3, 0.4) is 0 Å². The highest BCUT2D eigenvalue weighted by Gasteiger charge is 2.44. The molecule has 0 saturated heterocycles. The lowest BCUT2D eigenvalue weighted by atomic mass is 9.82. The Kier molecular flexibility index (Phi) is 2.78. The van der Waals surface area contributed by atoms with Crippen molar-refractivity contribution in [3.05, 3.63) is 28.5 Å². The molecule has 4 heteroatoms. The first-order chi connectivity index (χ1) is 7.15. The summed E-state index contributed by atoms with van der Waals surface area (Å²) in [5.41, 5.74) is -0.0450. The molecule has 1 N–H and O–H groups in total. The van der Waals surface area contributed by atoms with Crippen LogP contribution in [0.5, 0.6) is 0 Å². The number of nitrogens with zero attached hydrogens (tertiary/aromatic N) is 1. The number of pyridine rings is 1. The fourth-order valence-electron chi connectivity index (χ4n) is 2.22. The van der Waals surface area contributed by atoms with Crippen molar-refractivity contribution in [1.82, 2.24) is 4.98 Å². The van der Waals surface area contributed by atoms with E-state index in [0.29, 0.717) is 18.5 Å². The van der Waals surface area contributed by atoms with Gasteiger partial charge < -0.3 is 5.11 Å². The molecule has 0 atom stereocenters. The van der Waals surface area contributed by atoms with Crippen LogP contribution in [0.2, 0.25) is 0 Å². The Morgan fingerprint density at radius 2 is 2.07 bits per heavy atom. The van der Waals surface area contributed by atoms with E-state index < -0.39 is 11.4 Å². The molecule has 1 aromatic heterocycles. The second-order valence-corrected chi connectivity index (χ2v) is 4.87. The van der Waals surface area contributed by atoms with Crippen molar-refractivity contribution in [2.24, 2.45) is 0 Å². The van der Waals surface area contributed by atoms with Gasteiger partial charge in [-0.15, -0.1) is 0 Å². The first kappa shape index (κ1) is 10.6. The maximum atomic E-state index is 11.4. The average Bonchev–Trinajstić information content (AvgIpc) is 2.69. The van der Waals surface area contributed by atoms with Crippen molar-refractivity contribution in [3.63, 3.8) is 0 Å². The SMILES string of the molecule is O=C(O)C1(c2ccc(Br)cn2)CCCC1. The van der Waals surface area contributed by atoms with Gasteiger partial charge in [-0.25, -0.2) is 0 Å². The summed E-state index contributed by atoms with van der Waals surface area (Å²) in [5, 5.41) is 9.33. The summed E-state index contributed by atoms with van der Waals surface area (Å²) >= 11 is 3.30. The van der Waals surface area contributed by atoms with Gasteiger partial charge in [0, 0.05) is 10.7 Å². The van der Waals surface area contributed by atoms with E-state index in [9.17, 15) is 9.90 Å². The van der Waals surface area contributed by atoms with Crippen molar-refractivity contribution < 1.29 is 9.90 Å². The standard InChI is InChI=1S/C11H12BrNO2/c12-8-3-4-9(13-7-8)11(10(14)15)5-1-2-6-11/h3-4,7H,1-2,5-6H2,(H,14,15). The third kappa shape index (κ3) is 1.78. The molecule has 0 radical (unpaired) electrons. The molecule has 1 aliphatic carbocycles. The van der Waals surface area contributed by atoms with Crippen LogP contribution in [-0.4, -0.2) is 16.1 Å². The zero-order chi connectivity index (χ0) is 10.9. The van der Waals surface area contributed by atoms with E-state index in [-0.39, 0.29) is 0 Å². The number of carboxylic acid groups (broad SMARTS) is 1. The fraction of sp³-hybridized carbons (Fsp3) is 0.455. The second-order valence-electron chi connectivity index (χ2n) is 3.96. The van der Waals surface area contributed by atoms with Gasteiger partial charge >= 0.3 is 5.97 Å². The summed E-state index contributed by atoms with van der Waals surface area (Å²) in [4.78, 5) is 15.6. The van der Waals surface area contributed by atoms with E-state index in [4.69, 9.17) is 0 Å². The van der Waals surface area contributed by atoms with Crippen LogP contribution in [0.4, 0.5) is 0 Å². The van der Waals surface area contributed by atoms with Crippen molar-refractivity contribution in [1.29, 1.82) is 0 Å². The Balaban J connectivity index is 2.41. The third-order valence-corrected chi connectivity index (χ3v) is 3.55. The lowest BCUT2D eigenvalue weighted by Gasteiger charge is -2.22. The van der Waals surface area contributed by atoms with E-state index >= 15 is 0 Å². The Bertz CT molecular complexity index is 369. The maximum Gasteiger partial charge on any atom is 0.315 e. The Labute approximate surface area is 96.7 Å². The third-order valence-electron chi connectivity index (χ3n) is 3.08. The number of halogens is 1. The number of carboxylic acids is 1. The average molecular weight is 270 g/mol. The van der Waals surface area contributed by atoms with Crippen molar-refractivity contribution >= 4 is 21.9 Å². The molecule has 0 bridgehead atoms. The first-order valence-electron chi connectivity index (χ1n) is 5.00. The minimum Gasteiger partial charge on any atom is -0.481 e. The van der Waals surface area contributed by atoms with Gasteiger partial charge in [0.15, 0.2) is 0 Å². The predicted molar refractivity (Wildman–Crippen MR) is 59.7 cm³/mol. The Morgan fingerprint density at radius 3 is 2.53 bits per heavy atom. The lowest BCUT2D eigenvalue weighted by molar-refractivity contribution is -0.143. The van der Waals surface area contributed by atoms with Crippen LogP contribution < -0.4 is 0 Å². The maximum absolute atomic E-state index is 11.4. The minimum absolute atomic E-state index is 0.690. The molecular formula is C11H12BrNO2. The Morgan fingerprint density at radius 1 is 1.40 bits per heavy atom. The highest BCUT2D eigenvalue weighted by molar-refractivity contribution is 9.10. The molecule has 0 unspecified atom stereocenters. The van der Waals surface area contributed by atoms with Gasteiger partial charge in [-0.1, -0.05) is 12.8 Å². The number of hydrogen-bond acceptors (Lipinski definition) is 2. The van der Waals surface area contributed by atoms with E-state index in [0.717, 1.165) is 17.3 Å². The summed E-state index contributed by atoms with van der Waals surface area (Å²) in [6, 6.07) is 3.66. The number of rotatable bonds is 2. The molecule has 0 aliphatic heterocycles. The quantitative estimate of drug-likeness (QED) is 0.898. The van der Waals surface area contributed by atoms with E-state index in [1.165, 1.54) is 0 Å². The largest absolute Gasteiger partial charge is 0.481 e. The number of hydrogen-bond donors (Lipinski definition) is 1. The summed E-state index contributed by atoms with van der Waals surface area (Å²) < 4.78 is 0.879. The molecule has 1 saturated carbocycles. The number of aliphatic carboxylic acids is 1.